The van der Waals surface area contributed by atoms with Gasteiger partial charge in [0, 0.05) is 31.5 Å². The molecule has 5 nitrogen and oxygen atoms in total. The van der Waals surface area contributed by atoms with E-state index in [9.17, 15) is 14.4 Å². The molecule has 0 fully saturated rings. The van der Waals surface area contributed by atoms with Crippen LogP contribution < -0.4 is 10.6 Å². The zero-order valence-corrected chi connectivity index (χ0v) is 36.4. The quantitative estimate of drug-likeness (QED) is 0.0739. The van der Waals surface area contributed by atoms with Crippen LogP contribution in [0.3, 0.4) is 0 Å². The number of allylic oxidation sites excluding steroid dienone is 19. The summed E-state index contributed by atoms with van der Waals surface area (Å²) in [6, 6.07) is 0. The summed E-state index contributed by atoms with van der Waals surface area (Å²) in [4.78, 5) is 38.6. The Morgan fingerprint density at radius 2 is 1.18 bits per heavy atom. The van der Waals surface area contributed by atoms with Crippen molar-refractivity contribution in [3.63, 3.8) is 0 Å². The molecule has 0 spiro atoms. The fourth-order valence-corrected chi connectivity index (χ4v) is 7.62. The lowest BCUT2D eigenvalue weighted by molar-refractivity contribution is -0.128. The van der Waals surface area contributed by atoms with E-state index >= 15 is 0 Å². The summed E-state index contributed by atoms with van der Waals surface area (Å²) in [6.07, 6.45) is 34.5. The van der Waals surface area contributed by atoms with E-state index in [-0.39, 0.29) is 34.8 Å². The topological polar surface area (TPSA) is 75.3 Å². The van der Waals surface area contributed by atoms with Crippen LogP contribution in [0.25, 0.3) is 0 Å². The average molecular weight is 751 g/mol. The van der Waals surface area contributed by atoms with E-state index in [0.29, 0.717) is 19.5 Å². The van der Waals surface area contributed by atoms with Crippen LogP contribution in [0.15, 0.2) is 117 Å². The second-order valence-corrected chi connectivity index (χ2v) is 17.3. The maximum absolute atomic E-state index is 13.0. The highest BCUT2D eigenvalue weighted by atomic mass is 16.2. The molecule has 0 saturated carbocycles. The van der Waals surface area contributed by atoms with Gasteiger partial charge in [-0.25, -0.2) is 0 Å². The number of ketones is 1. The Bertz CT molecular complexity index is 1640. The van der Waals surface area contributed by atoms with Gasteiger partial charge in [-0.1, -0.05) is 124 Å². The van der Waals surface area contributed by atoms with Crippen molar-refractivity contribution in [2.24, 2.45) is 16.7 Å². The molecule has 2 amide bonds. The predicted molar refractivity (Wildman–Crippen MR) is 236 cm³/mol. The minimum absolute atomic E-state index is 0.0509. The first kappa shape index (κ1) is 47.2. The van der Waals surface area contributed by atoms with Gasteiger partial charge in [0.15, 0.2) is 5.78 Å². The third kappa shape index (κ3) is 18.0. The van der Waals surface area contributed by atoms with Crippen molar-refractivity contribution in [1.82, 2.24) is 10.6 Å². The molecule has 0 heterocycles. The van der Waals surface area contributed by atoms with Gasteiger partial charge in [0.1, 0.15) is 0 Å². The van der Waals surface area contributed by atoms with Crippen molar-refractivity contribution in [3.8, 4) is 0 Å². The Hall–Kier alpha value is -3.99. The van der Waals surface area contributed by atoms with Crippen molar-refractivity contribution >= 4 is 17.6 Å². The van der Waals surface area contributed by atoms with E-state index < -0.39 is 5.92 Å². The van der Waals surface area contributed by atoms with Crippen molar-refractivity contribution in [1.29, 1.82) is 0 Å². The number of nitrogens with one attached hydrogen (secondary N) is 2. The Morgan fingerprint density at radius 3 is 1.67 bits per heavy atom. The molecule has 1 unspecified atom stereocenters. The Kier molecular flexibility index (Phi) is 20.4. The molecule has 2 aliphatic carbocycles. The zero-order valence-electron chi connectivity index (χ0n) is 36.4. The smallest absolute Gasteiger partial charge is 0.244 e. The molecule has 2 aliphatic rings. The molecule has 302 valence electrons. The number of hydrogen-bond donors (Lipinski definition) is 2. The lowest BCUT2D eigenvalue weighted by Crippen LogP contribution is -2.32. The number of amides is 2. The zero-order chi connectivity index (χ0) is 41.0. The highest BCUT2D eigenvalue weighted by Gasteiger charge is 2.27. The van der Waals surface area contributed by atoms with Gasteiger partial charge in [-0.15, -0.1) is 0 Å². The number of carbonyl (C=O) groups is 3. The summed E-state index contributed by atoms with van der Waals surface area (Å²) in [7, 11) is 0. The first-order valence-electron chi connectivity index (χ1n) is 20.9. The number of hydrogen-bond acceptors (Lipinski definition) is 3. The first-order valence-corrected chi connectivity index (χ1v) is 20.9. The van der Waals surface area contributed by atoms with Crippen LogP contribution in [0.5, 0.6) is 0 Å². The lowest BCUT2D eigenvalue weighted by atomic mass is 9.72. The highest BCUT2D eigenvalue weighted by molar-refractivity contribution is 5.94. The minimum Gasteiger partial charge on any atom is -0.356 e. The van der Waals surface area contributed by atoms with Gasteiger partial charge in [-0.2, -0.15) is 0 Å². The molecule has 0 saturated heterocycles. The molecule has 2 rings (SSSR count). The monoisotopic (exact) mass is 751 g/mol. The summed E-state index contributed by atoms with van der Waals surface area (Å²) >= 11 is 0. The fourth-order valence-electron chi connectivity index (χ4n) is 7.62. The normalized spacial score (nSPS) is 19.3. The van der Waals surface area contributed by atoms with Crippen LogP contribution in [0.4, 0.5) is 0 Å². The summed E-state index contributed by atoms with van der Waals surface area (Å²) in [6.45, 7) is 25.0. The van der Waals surface area contributed by atoms with E-state index in [1.807, 2.05) is 45.1 Å². The van der Waals surface area contributed by atoms with E-state index in [4.69, 9.17) is 0 Å². The molecule has 1 atom stereocenters. The Morgan fingerprint density at radius 1 is 0.673 bits per heavy atom. The van der Waals surface area contributed by atoms with Crippen LogP contribution >= 0.6 is 0 Å². The first-order chi connectivity index (χ1) is 25.9. The summed E-state index contributed by atoms with van der Waals surface area (Å²) in [5.41, 5.74) is 10.3. The van der Waals surface area contributed by atoms with Gasteiger partial charge in [-0.05, 0) is 139 Å². The van der Waals surface area contributed by atoms with Crippen LogP contribution in [-0.2, 0) is 14.4 Å². The van der Waals surface area contributed by atoms with Gasteiger partial charge in [0.25, 0.3) is 0 Å². The lowest BCUT2D eigenvalue weighted by Gasteiger charge is -2.33. The van der Waals surface area contributed by atoms with E-state index in [0.717, 1.165) is 41.6 Å². The molecule has 0 aromatic heterocycles. The highest BCUT2D eigenvalue weighted by Crippen LogP contribution is 2.41. The second-order valence-electron chi connectivity index (χ2n) is 17.3. The van der Waals surface area contributed by atoms with Crippen LogP contribution in [0.1, 0.15) is 147 Å². The molecule has 0 aromatic rings. The van der Waals surface area contributed by atoms with Crippen molar-refractivity contribution in [2.45, 2.75) is 147 Å². The van der Waals surface area contributed by atoms with Gasteiger partial charge in [0.2, 0.25) is 11.8 Å². The van der Waals surface area contributed by atoms with Crippen molar-refractivity contribution in [3.05, 3.63) is 117 Å². The van der Waals surface area contributed by atoms with E-state index in [1.165, 1.54) is 60.8 Å². The predicted octanol–water partition coefficient (Wildman–Crippen LogP) is 12.4. The maximum atomic E-state index is 13.0. The van der Waals surface area contributed by atoms with Crippen LogP contribution in [-0.4, -0.2) is 30.7 Å². The molecule has 2 N–H and O–H groups in total. The number of rotatable bonds is 20. The van der Waals surface area contributed by atoms with Crippen molar-refractivity contribution < 1.29 is 14.4 Å². The molecule has 0 radical (unpaired) electrons. The molecule has 0 aliphatic heterocycles. The third-order valence-electron chi connectivity index (χ3n) is 10.9. The van der Waals surface area contributed by atoms with Gasteiger partial charge in [0.05, 0.1) is 0 Å². The summed E-state index contributed by atoms with van der Waals surface area (Å²) in [5.74, 6) is -0.657. The summed E-state index contributed by atoms with van der Waals surface area (Å²) in [5, 5.41) is 5.94. The average Bonchev–Trinajstić information content (AvgIpc) is 3.08. The van der Waals surface area contributed by atoms with E-state index in [1.54, 1.807) is 12.2 Å². The molecule has 0 bridgehead atoms. The fraction of sp³-hybridized carbons (Fsp3) is 0.540. The minimum atomic E-state index is -0.398. The Labute approximate surface area is 335 Å². The molecular weight excluding hydrogens is 677 g/mol. The largest absolute Gasteiger partial charge is 0.356 e. The van der Waals surface area contributed by atoms with Gasteiger partial charge >= 0.3 is 0 Å². The van der Waals surface area contributed by atoms with Gasteiger partial charge < -0.3 is 10.6 Å². The van der Waals surface area contributed by atoms with Crippen LogP contribution in [0.2, 0.25) is 0 Å². The molecule has 0 aromatic carbocycles. The van der Waals surface area contributed by atoms with E-state index in [2.05, 4.69) is 102 Å². The number of carbonyl (C=O) groups excluding carboxylic acids is 3. The maximum Gasteiger partial charge on any atom is 0.244 e. The van der Waals surface area contributed by atoms with Crippen LogP contribution in [0, 0.1) is 16.7 Å². The third-order valence-corrected chi connectivity index (χ3v) is 10.9. The Balaban J connectivity index is 1.86. The SMILES string of the molecule is CCCNC(=O)C(CCCCNC(=O)/C=C(C)/C=C/C=C(C)/C=C/C1=C(C)CCCC1(C)C)CC(=O)/C=C(C)/C=C/C=C(C)/C=C/C1=C(C)CCCC1(C)C. The number of unbranched alkanes of at least 4 members (excludes halogenated alkanes) is 1. The molecule has 5 heteroatoms. The van der Waals surface area contributed by atoms with Crippen molar-refractivity contribution in [2.75, 3.05) is 13.1 Å². The molecular formula is C50H74N2O3. The standard InChI is InChI=1S/C50H74N2O3/c1-12-32-52-48(55)43(36-44(53)34-39(4)21-15-19-37(2)26-28-45-41(6)23-17-30-49(45,8)9)25-13-14-33-51-47(54)35-40(5)22-16-20-38(3)27-29-46-42(7)24-18-31-50(46,10)11/h15-16,19-22,26-29,34-35,43H,12-14,17-18,23-25,30-33,36H2,1-11H3,(H,51,54)(H,52,55)/b21-15+,22-16+,28-26+,29-27+,37-19+,38-20+,39-34+,40-35+. The summed E-state index contributed by atoms with van der Waals surface area (Å²) < 4.78 is 0. The molecule has 55 heavy (non-hydrogen) atoms. The second kappa shape index (κ2) is 23.8. The van der Waals surface area contributed by atoms with Gasteiger partial charge in [-0.3, -0.25) is 14.4 Å².